The van der Waals surface area contributed by atoms with Crippen LogP contribution in [0.5, 0.6) is 0 Å². The van der Waals surface area contributed by atoms with Gasteiger partial charge in [0.2, 0.25) is 5.78 Å². The monoisotopic (exact) mass is 498 g/mol. The Morgan fingerprint density at radius 3 is 2.61 bits per heavy atom. The fourth-order valence-electron chi connectivity index (χ4n) is 5.09. The molecule has 0 aliphatic heterocycles. The van der Waals surface area contributed by atoms with Crippen molar-refractivity contribution in [2.45, 2.75) is 40.0 Å². The van der Waals surface area contributed by atoms with E-state index in [-0.39, 0.29) is 11.6 Å². The quantitative estimate of drug-likeness (QED) is 0.247. The van der Waals surface area contributed by atoms with Crippen LogP contribution in [0.4, 0.5) is 0 Å². The van der Waals surface area contributed by atoms with Crippen LogP contribution in [-0.2, 0) is 11.2 Å². The zero-order valence-electron chi connectivity index (χ0n) is 20.4. The molecule has 1 N–H and O–H groups in total. The number of pyridine rings is 1. The van der Waals surface area contributed by atoms with Crippen molar-refractivity contribution in [2.24, 2.45) is 0 Å². The van der Waals surface area contributed by atoms with Crippen LogP contribution in [0.2, 0.25) is 0 Å². The van der Waals surface area contributed by atoms with Gasteiger partial charge in [0.1, 0.15) is 0 Å². The molecule has 3 heterocycles. The third kappa shape index (κ3) is 4.31. The van der Waals surface area contributed by atoms with Crippen molar-refractivity contribution < 1.29 is 19.1 Å². The van der Waals surface area contributed by atoms with Crippen molar-refractivity contribution in [3.63, 3.8) is 0 Å². The Morgan fingerprint density at radius 1 is 1.08 bits per heavy atom. The normalized spacial score (nSPS) is 14.1. The van der Waals surface area contributed by atoms with Gasteiger partial charge < -0.3 is 9.72 Å². The fraction of sp³-hybridized carbons (Fsp3) is 0.241. The molecule has 0 radical (unpaired) electrons. The number of nitrogens with one attached hydrogen (secondary N) is 1. The molecule has 0 fully saturated rings. The SMILES string of the molecule is CC(=O)c1c(C)[nH]c(C(=O)COC(=O)c2c3c(nc4ccccc24)/C(=C/c2cccs2)CCC3)c1C. The Bertz CT molecular complexity index is 1540. The number of para-hydroxylation sites is 1. The molecule has 0 amide bonds. The number of aryl methyl sites for hydroxylation is 1. The molecular formula is C29H26N2O4S. The number of benzene rings is 1. The van der Waals surface area contributed by atoms with Gasteiger partial charge in [0.25, 0.3) is 0 Å². The summed E-state index contributed by atoms with van der Waals surface area (Å²) in [5, 5.41) is 2.76. The number of aromatic amines is 1. The number of allylic oxidation sites excluding steroid dienone is 1. The molecule has 182 valence electrons. The Balaban J connectivity index is 1.50. The second-order valence-electron chi connectivity index (χ2n) is 9.05. The van der Waals surface area contributed by atoms with E-state index in [1.807, 2.05) is 35.7 Å². The third-order valence-corrected chi connectivity index (χ3v) is 7.46. The van der Waals surface area contributed by atoms with Crippen molar-refractivity contribution in [1.29, 1.82) is 0 Å². The summed E-state index contributed by atoms with van der Waals surface area (Å²) in [5.41, 5.74) is 6.00. The molecule has 7 heteroatoms. The first-order chi connectivity index (χ1) is 17.3. The van der Waals surface area contributed by atoms with Crippen LogP contribution >= 0.6 is 11.3 Å². The highest BCUT2D eigenvalue weighted by atomic mass is 32.1. The minimum Gasteiger partial charge on any atom is -0.454 e. The second kappa shape index (κ2) is 9.66. The van der Waals surface area contributed by atoms with Crippen LogP contribution in [-0.4, -0.2) is 34.1 Å². The van der Waals surface area contributed by atoms with E-state index in [4.69, 9.17) is 9.72 Å². The molecule has 36 heavy (non-hydrogen) atoms. The van der Waals surface area contributed by atoms with E-state index in [2.05, 4.69) is 17.1 Å². The predicted octanol–water partition coefficient (Wildman–Crippen LogP) is 6.36. The molecule has 1 aliphatic rings. The van der Waals surface area contributed by atoms with Gasteiger partial charge in [0, 0.05) is 21.5 Å². The maximum atomic E-state index is 13.5. The van der Waals surface area contributed by atoms with Gasteiger partial charge in [-0.15, -0.1) is 11.3 Å². The van der Waals surface area contributed by atoms with E-state index < -0.39 is 12.6 Å². The number of thiophene rings is 1. The van der Waals surface area contributed by atoms with Crippen molar-refractivity contribution in [2.75, 3.05) is 6.61 Å². The molecular weight excluding hydrogens is 472 g/mol. The molecule has 0 saturated heterocycles. The molecule has 1 aromatic carbocycles. The largest absolute Gasteiger partial charge is 0.454 e. The molecule has 3 aromatic heterocycles. The Hall–Kier alpha value is -3.84. The number of carbonyl (C=O) groups is 3. The highest BCUT2D eigenvalue weighted by Crippen LogP contribution is 2.37. The summed E-state index contributed by atoms with van der Waals surface area (Å²) in [4.78, 5) is 47.4. The van der Waals surface area contributed by atoms with Crippen LogP contribution in [0, 0.1) is 13.8 Å². The predicted molar refractivity (Wildman–Crippen MR) is 142 cm³/mol. The number of rotatable bonds is 6. The van der Waals surface area contributed by atoms with Gasteiger partial charge in [0.05, 0.1) is 22.5 Å². The number of Topliss-reactive ketones (excluding diaryl/α,β-unsaturated/α-hetero) is 2. The molecule has 0 atom stereocenters. The number of aromatic nitrogens is 2. The van der Waals surface area contributed by atoms with Gasteiger partial charge in [-0.2, -0.15) is 0 Å². The Labute approximate surface area is 213 Å². The lowest BCUT2D eigenvalue weighted by molar-refractivity contribution is 0.0474. The van der Waals surface area contributed by atoms with Crippen LogP contribution in [0.3, 0.4) is 0 Å². The van der Waals surface area contributed by atoms with Gasteiger partial charge in [-0.25, -0.2) is 9.78 Å². The molecule has 0 bridgehead atoms. The minimum atomic E-state index is -0.539. The number of ether oxygens (including phenoxy) is 1. The van der Waals surface area contributed by atoms with Crippen molar-refractivity contribution >= 4 is 51.4 Å². The number of esters is 1. The van der Waals surface area contributed by atoms with E-state index in [1.165, 1.54) is 6.92 Å². The molecule has 0 saturated carbocycles. The molecule has 1 aliphatic carbocycles. The number of nitrogens with zero attached hydrogens (tertiary/aromatic N) is 1. The first kappa shape index (κ1) is 23.9. The summed E-state index contributed by atoms with van der Waals surface area (Å²) < 4.78 is 5.59. The summed E-state index contributed by atoms with van der Waals surface area (Å²) in [6.07, 6.45) is 4.64. The first-order valence-electron chi connectivity index (χ1n) is 11.9. The number of hydrogen-bond acceptors (Lipinski definition) is 6. The van der Waals surface area contributed by atoms with E-state index in [1.54, 1.807) is 25.2 Å². The van der Waals surface area contributed by atoms with Crippen LogP contribution in [0.15, 0.2) is 41.8 Å². The van der Waals surface area contributed by atoms with E-state index in [9.17, 15) is 14.4 Å². The number of hydrogen-bond donors (Lipinski definition) is 1. The van der Waals surface area contributed by atoms with Crippen LogP contribution in [0.25, 0.3) is 22.6 Å². The minimum absolute atomic E-state index is 0.112. The molecule has 0 spiro atoms. The van der Waals surface area contributed by atoms with Gasteiger partial charge in [0.15, 0.2) is 12.4 Å². The van der Waals surface area contributed by atoms with Gasteiger partial charge >= 0.3 is 5.97 Å². The summed E-state index contributed by atoms with van der Waals surface area (Å²) in [6, 6.07) is 11.6. The highest BCUT2D eigenvalue weighted by Gasteiger charge is 2.27. The molecule has 5 rings (SSSR count). The van der Waals surface area contributed by atoms with Crippen LogP contribution < -0.4 is 0 Å². The number of carbonyl (C=O) groups excluding carboxylic acids is 3. The van der Waals surface area contributed by atoms with Gasteiger partial charge in [-0.3, -0.25) is 9.59 Å². The van der Waals surface area contributed by atoms with Crippen LogP contribution in [0.1, 0.15) is 78.4 Å². The van der Waals surface area contributed by atoms with Gasteiger partial charge in [-0.05, 0) is 80.3 Å². The topological polar surface area (TPSA) is 89.1 Å². The fourth-order valence-corrected chi connectivity index (χ4v) is 5.77. The lowest BCUT2D eigenvalue weighted by atomic mass is 9.86. The maximum absolute atomic E-state index is 13.5. The molecule has 6 nitrogen and oxygen atoms in total. The van der Waals surface area contributed by atoms with Crippen molar-refractivity contribution in [3.05, 3.63) is 86.0 Å². The zero-order valence-corrected chi connectivity index (χ0v) is 21.3. The smallest absolute Gasteiger partial charge is 0.339 e. The Morgan fingerprint density at radius 2 is 1.89 bits per heavy atom. The summed E-state index contributed by atoms with van der Waals surface area (Å²) in [5.74, 6) is -1.02. The lowest BCUT2D eigenvalue weighted by Crippen LogP contribution is -2.19. The average Bonchev–Trinajstić information content (AvgIpc) is 3.48. The first-order valence-corrected chi connectivity index (χ1v) is 12.8. The lowest BCUT2D eigenvalue weighted by Gasteiger charge is -2.22. The van der Waals surface area contributed by atoms with Crippen molar-refractivity contribution in [1.82, 2.24) is 9.97 Å². The number of fused-ring (bicyclic) bond motifs is 2. The molecule has 0 unspecified atom stereocenters. The zero-order chi connectivity index (χ0) is 25.4. The second-order valence-corrected chi connectivity index (χ2v) is 10.0. The van der Waals surface area contributed by atoms with Crippen molar-refractivity contribution in [3.8, 4) is 0 Å². The summed E-state index contributed by atoms with van der Waals surface area (Å²) in [6.45, 7) is 4.53. The number of ketones is 2. The Kier molecular flexibility index (Phi) is 6.41. The summed E-state index contributed by atoms with van der Waals surface area (Å²) in [7, 11) is 0. The maximum Gasteiger partial charge on any atom is 0.339 e. The van der Waals surface area contributed by atoms with E-state index in [0.717, 1.165) is 45.5 Å². The average molecular weight is 499 g/mol. The highest BCUT2D eigenvalue weighted by molar-refractivity contribution is 7.10. The van der Waals surface area contributed by atoms with E-state index in [0.29, 0.717) is 34.5 Å². The van der Waals surface area contributed by atoms with Gasteiger partial charge in [-0.1, -0.05) is 24.3 Å². The number of H-pyrrole nitrogens is 1. The third-order valence-electron chi connectivity index (χ3n) is 6.64. The summed E-state index contributed by atoms with van der Waals surface area (Å²) >= 11 is 1.66. The standard InChI is InChI=1S/C29H26N2O4S/c1-16-25(18(3)32)17(2)30-27(16)24(33)15-35-29(34)26-21-10-4-5-12-23(21)31-28-19(8-6-11-22(26)28)14-20-9-7-13-36-20/h4-5,7,9-10,12-14,30H,6,8,11,15H2,1-3H3/b19-14+. The molecule has 4 aromatic rings. The van der Waals surface area contributed by atoms with E-state index >= 15 is 0 Å².